The summed E-state index contributed by atoms with van der Waals surface area (Å²) in [5, 5.41) is 3.67. The number of nitrogens with zero attached hydrogens (tertiary/aromatic N) is 1. The summed E-state index contributed by atoms with van der Waals surface area (Å²) in [6.45, 7) is 0. The van der Waals surface area contributed by atoms with Crippen molar-refractivity contribution in [1.82, 2.24) is 0 Å². The van der Waals surface area contributed by atoms with Gasteiger partial charge in [0, 0.05) is 0 Å². The van der Waals surface area contributed by atoms with Crippen molar-refractivity contribution in [3.05, 3.63) is 0 Å². The Balaban J connectivity index is 2.84. The summed E-state index contributed by atoms with van der Waals surface area (Å²) in [6.07, 6.45) is 1.87. The first-order valence-corrected chi connectivity index (χ1v) is 6.53. The van der Waals surface area contributed by atoms with Gasteiger partial charge in [0.2, 0.25) is 0 Å². The van der Waals surface area contributed by atoms with Gasteiger partial charge in [-0.2, -0.15) is 11.8 Å². The van der Waals surface area contributed by atoms with Crippen LogP contribution in [0.1, 0.15) is 0 Å². The molecule has 0 aromatic rings. The summed E-state index contributed by atoms with van der Waals surface area (Å²) in [4.78, 5) is 4.56. The van der Waals surface area contributed by atoms with E-state index >= 15 is 0 Å². The number of hydrogen-bond acceptors (Lipinski definition) is 5. The minimum absolute atomic E-state index is 0.0186. The second-order valence-electron chi connectivity index (χ2n) is 2.54. The molecule has 0 saturated carbocycles. The quantitative estimate of drug-likeness (QED) is 0.607. The largest absolute Gasteiger partial charge is 0.399 e. The fourth-order valence-electron chi connectivity index (χ4n) is 1.11. The molecule has 1 rings (SSSR count). The van der Waals surface area contributed by atoms with Crippen molar-refractivity contribution in [2.24, 2.45) is 5.16 Å². The van der Waals surface area contributed by atoms with E-state index in [0.717, 1.165) is 0 Å². The third-order valence-corrected chi connectivity index (χ3v) is 4.43. The molecule has 0 spiro atoms. The van der Waals surface area contributed by atoms with Gasteiger partial charge in [0.1, 0.15) is 7.11 Å². The molecule has 70 valence electrons. The first-order chi connectivity index (χ1) is 5.59. The molecule has 1 fully saturated rings. The molecule has 0 aromatic carbocycles. The summed E-state index contributed by atoms with van der Waals surface area (Å²) in [6, 6.07) is 0. The van der Waals surface area contributed by atoms with Crippen LogP contribution in [0, 0.1) is 0 Å². The standard InChI is InChI=1S/C6H11NO3S2/c1-10-7-5-3-12(8,9)4-6(5)11-2/h6H,3-4H2,1-2H3/b7-5+. The first-order valence-electron chi connectivity index (χ1n) is 3.42. The highest BCUT2D eigenvalue weighted by Crippen LogP contribution is 2.20. The molecule has 1 aliphatic rings. The lowest BCUT2D eigenvalue weighted by atomic mass is 10.3. The molecule has 0 aliphatic carbocycles. The Morgan fingerprint density at radius 3 is 2.83 bits per heavy atom. The molecule has 0 radical (unpaired) electrons. The van der Waals surface area contributed by atoms with Crippen LogP contribution in [0.5, 0.6) is 0 Å². The SMILES string of the molecule is CO/N=C1\CS(=O)(=O)CC1SC. The van der Waals surface area contributed by atoms with Gasteiger partial charge in [-0.1, -0.05) is 5.16 Å². The molecule has 0 amide bonds. The maximum absolute atomic E-state index is 11.1. The number of thioether (sulfide) groups is 1. The molecule has 0 N–H and O–H groups in total. The fraction of sp³-hybridized carbons (Fsp3) is 0.833. The van der Waals surface area contributed by atoms with E-state index in [1.807, 2.05) is 6.26 Å². The molecule has 0 aromatic heterocycles. The maximum Gasteiger partial charge on any atom is 0.157 e. The van der Waals surface area contributed by atoms with Gasteiger partial charge < -0.3 is 4.84 Å². The van der Waals surface area contributed by atoms with Crippen LogP contribution in [-0.4, -0.2) is 44.3 Å². The molecule has 1 aliphatic heterocycles. The Hall–Kier alpha value is -0.230. The van der Waals surface area contributed by atoms with Crippen molar-refractivity contribution >= 4 is 27.3 Å². The van der Waals surface area contributed by atoms with Crippen molar-refractivity contribution in [2.45, 2.75) is 5.25 Å². The minimum Gasteiger partial charge on any atom is -0.399 e. The van der Waals surface area contributed by atoms with E-state index in [1.165, 1.54) is 18.9 Å². The van der Waals surface area contributed by atoms with Gasteiger partial charge in [-0.15, -0.1) is 0 Å². The fourth-order valence-corrected chi connectivity index (χ4v) is 4.26. The van der Waals surface area contributed by atoms with Crippen LogP contribution in [-0.2, 0) is 14.7 Å². The summed E-state index contributed by atoms with van der Waals surface area (Å²) < 4.78 is 22.3. The zero-order chi connectivity index (χ0) is 9.19. The lowest BCUT2D eigenvalue weighted by molar-refractivity contribution is 0.213. The summed E-state index contributed by atoms with van der Waals surface area (Å²) in [7, 11) is -1.48. The molecule has 4 nitrogen and oxygen atoms in total. The molecule has 12 heavy (non-hydrogen) atoms. The predicted octanol–water partition coefficient (Wildman–Crippen LogP) is 0.149. The van der Waals surface area contributed by atoms with E-state index in [9.17, 15) is 8.42 Å². The van der Waals surface area contributed by atoms with Crippen LogP contribution in [0.25, 0.3) is 0 Å². The van der Waals surface area contributed by atoms with E-state index < -0.39 is 9.84 Å². The number of hydrogen-bond donors (Lipinski definition) is 0. The van der Waals surface area contributed by atoms with Crippen molar-refractivity contribution in [3.63, 3.8) is 0 Å². The summed E-state index contributed by atoms with van der Waals surface area (Å²) in [5.41, 5.74) is 0.630. The maximum atomic E-state index is 11.1. The Morgan fingerprint density at radius 1 is 1.67 bits per heavy atom. The van der Waals surface area contributed by atoms with Crippen LogP contribution < -0.4 is 0 Å². The smallest absolute Gasteiger partial charge is 0.157 e. The highest BCUT2D eigenvalue weighted by atomic mass is 32.2. The number of rotatable bonds is 2. The van der Waals surface area contributed by atoms with Gasteiger partial charge >= 0.3 is 0 Å². The van der Waals surface area contributed by atoms with E-state index in [4.69, 9.17) is 0 Å². The van der Waals surface area contributed by atoms with Gasteiger partial charge in [0.15, 0.2) is 9.84 Å². The highest BCUT2D eigenvalue weighted by molar-refractivity contribution is 8.02. The number of oxime groups is 1. The number of sulfone groups is 1. The van der Waals surface area contributed by atoms with Crippen LogP contribution >= 0.6 is 11.8 Å². The van der Waals surface area contributed by atoms with E-state index in [-0.39, 0.29) is 16.8 Å². The topological polar surface area (TPSA) is 55.7 Å². The molecular weight excluding hydrogens is 198 g/mol. The molecule has 1 unspecified atom stereocenters. The summed E-state index contributed by atoms with van der Waals surface area (Å²) >= 11 is 1.49. The van der Waals surface area contributed by atoms with E-state index in [1.54, 1.807) is 0 Å². The molecule has 0 bridgehead atoms. The van der Waals surface area contributed by atoms with Gasteiger partial charge in [0.05, 0.1) is 22.5 Å². The third kappa shape index (κ3) is 2.13. The zero-order valence-electron chi connectivity index (χ0n) is 6.98. The third-order valence-electron chi connectivity index (χ3n) is 1.64. The van der Waals surface area contributed by atoms with Crippen molar-refractivity contribution in [3.8, 4) is 0 Å². The van der Waals surface area contributed by atoms with Crippen LogP contribution in [0.3, 0.4) is 0 Å². The van der Waals surface area contributed by atoms with Gasteiger partial charge in [-0.3, -0.25) is 0 Å². The van der Waals surface area contributed by atoms with Gasteiger partial charge in [-0.05, 0) is 6.26 Å². The molecule has 1 heterocycles. The zero-order valence-corrected chi connectivity index (χ0v) is 8.61. The Labute approximate surface area is 76.3 Å². The predicted molar refractivity (Wildman–Crippen MR) is 50.4 cm³/mol. The lowest BCUT2D eigenvalue weighted by Gasteiger charge is -2.02. The van der Waals surface area contributed by atoms with E-state index in [2.05, 4.69) is 9.99 Å². The van der Waals surface area contributed by atoms with E-state index in [0.29, 0.717) is 5.71 Å². The Kier molecular flexibility index (Phi) is 3.00. The van der Waals surface area contributed by atoms with Gasteiger partial charge in [0.25, 0.3) is 0 Å². The molecule has 6 heteroatoms. The van der Waals surface area contributed by atoms with Crippen molar-refractivity contribution in [2.75, 3.05) is 24.9 Å². The average Bonchev–Trinajstić information content (AvgIpc) is 2.26. The Bertz CT molecular complexity index is 283. The second-order valence-corrected chi connectivity index (χ2v) is 5.69. The molecular formula is C6H11NO3S2. The lowest BCUT2D eigenvalue weighted by Crippen LogP contribution is -2.13. The van der Waals surface area contributed by atoms with Crippen LogP contribution in [0.4, 0.5) is 0 Å². The average molecular weight is 209 g/mol. The molecule has 1 saturated heterocycles. The van der Waals surface area contributed by atoms with Gasteiger partial charge in [-0.25, -0.2) is 8.42 Å². The summed E-state index contributed by atoms with van der Waals surface area (Å²) in [5.74, 6) is 0.239. The van der Waals surface area contributed by atoms with Crippen molar-refractivity contribution in [1.29, 1.82) is 0 Å². The highest BCUT2D eigenvalue weighted by Gasteiger charge is 2.34. The van der Waals surface area contributed by atoms with Crippen LogP contribution in [0.2, 0.25) is 0 Å². The minimum atomic E-state index is -2.91. The van der Waals surface area contributed by atoms with Crippen molar-refractivity contribution < 1.29 is 13.3 Å². The Morgan fingerprint density at radius 2 is 2.33 bits per heavy atom. The monoisotopic (exact) mass is 209 g/mol. The normalized spacial score (nSPS) is 30.8. The van der Waals surface area contributed by atoms with Crippen LogP contribution in [0.15, 0.2) is 5.16 Å². The second kappa shape index (κ2) is 3.66. The molecule has 1 atom stereocenters. The first kappa shape index (κ1) is 9.85.